The molecule has 1 aliphatic rings. The highest BCUT2D eigenvalue weighted by Gasteiger charge is 2.13. The lowest BCUT2D eigenvalue weighted by Gasteiger charge is -2.17. The van der Waals surface area contributed by atoms with Gasteiger partial charge in [-0.3, -0.25) is 0 Å². The van der Waals surface area contributed by atoms with E-state index in [1.165, 1.54) is 6.08 Å². The Morgan fingerprint density at radius 1 is 1.53 bits per heavy atom. The van der Waals surface area contributed by atoms with Crippen molar-refractivity contribution in [2.75, 3.05) is 0 Å². The zero-order valence-corrected chi connectivity index (χ0v) is 8.84. The molecule has 0 aliphatic carbocycles. The lowest BCUT2D eigenvalue weighted by Crippen LogP contribution is -2.21. The van der Waals surface area contributed by atoms with Crippen LogP contribution in [0.4, 0.5) is 5.69 Å². The third kappa shape index (κ3) is 1.85. The normalized spacial score (nSPS) is 16.3. The van der Waals surface area contributed by atoms with E-state index in [0.717, 1.165) is 22.8 Å². The number of aliphatic imine (C=N–C) groups is 1. The van der Waals surface area contributed by atoms with Gasteiger partial charge in [0.25, 0.3) is 0 Å². The van der Waals surface area contributed by atoms with Gasteiger partial charge in [-0.05, 0) is 25.1 Å². The molecule has 1 aromatic rings. The lowest BCUT2D eigenvalue weighted by molar-refractivity contribution is 1.21. The van der Waals surface area contributed by atoms with E-state index >= 15 is 0 Å². The van der Waals surface area contributed by atoms with E-state index in [2.05, 4.69) is 10.3 Å². The van der Waals surface area contributed by atoms with Gasteiger partial charge in [-0.2, -0.15) is 5.26 Å². The molecule has 0 amide bonds. The van der Waals surface area contributed by atoms with Gasteiger partial charge in [0, 0.05) is 16.7 Å². The average molecular weight is 218 g/mol. The summed E-state index contributed by atoms with van der Waals surface area (Å²) in [5.41, 5.74) is 2.43. The Balaban J connectivity index is 2.63. The molecule has 0 atom stereocenters. The van der Waals surface area contributed by atoms with Crippen LogP contribution in [0.25, 0.3) is 5.70 Å². The van der Waals surface area contributed by atoms with Crippen molar-refractivity contribution in [3.8, 4) is 6.07 Å². The maximum absolute atomic E-state index is 8.66. The van der Waals surface area contributed by atoms with Crippen molar-refractivity contribution in [1.82, 2.24) is 5.32 Å². The van der Waals surface area contributed by atoms with E-state index in [1.54, 1.807) is 12.1 Å². The molecule has 0 fully saturated rings. The molecular weight excluding hydrogens is 210 g/mol. The van der Waals surface area contributed by atoms with Gasteiger partial charge in [0.05, 0.1) is 17.5 Å². The van der Waals surface area contributed by atoms with E-state index in [9.17, 15) is 0 Å². The molecule has 1 heterocycles. The van der Waals surface area contributed by atoms with E-state index < -0.39 is 0 Å². The molecule has 1 aromatic carbocycles. The third-order valence-electron chi connectivity index (χ3n) is 2.06. The molecule has 0 radical (unpaired) electrons. The molecule has 0 saturated heterocycles. The Labute approximate surface area is 92.7 Å². The lowest BCUT2D eigenvalue weighted by atomic mass is 10.1. The summed E-state index contributed by atoms with van der Waals surface area (Å²) in [4.78, 5) is 4.32. The Morgan fingerprint density at radius 2 is 2.33 bits per heavy atom. The van der Waals surface area contributed by atoms with Crippen LogP contribution in [-0.4, -0.2) is 5.84 Å². The number of nitrogens with one attached hydrogen (secondary N) is 1. The fraction of sp³-hybridized carbons (Fsp3) is 0.0909. The molecule has 0 bridgehead atoms. The molecule has 4 heteroatoms. The maximum Gasteiger partial charge on any atom is 0.103 e. The molecule has 0 saturated carbocycles. The molecule has 15 heavy (non-hydrogen) atoms. The van der Waals surface area contributed by atoms with Crippen molar-refractivity contribution < 1.29 is 0 Å². The Morgan fingerprint density at radius 3 is 3.07 bits per heavy atom. The van der Waals surface area contributed by atoms with Crippen LogP contribution < -0.4 is 5.32 Å². The second-order valence-corrected chi connectivity index (χ2v) is 3.61. The van der Waals surface area contributed by atoms with Crippen LogP contribution in [0.2, 0.25) is 5.02 Å². The van der Waals surface area contributed by atoms with Gasteiger partial charge >= 0.3 is 0 Å². The van der Waals surface area contributed by atoms with E-state index in [0.29, 0.717) is 5.02 Å². The average Bonchev–Trinajstić information content (AvgIpc) is 2.19. The van der Waals surface area contributed by atoms with Crippen molar-refractivity contribution in [3.63, 3.8) is 0 Å². The number of fused-ring (bicyclic) bond motifs is 1. The first kappa shape index (κ1) is 9.75. The molecule has 1 aliphatic heterocycles. The Kier molecular flexibility index (Phi) is 2.44. The van der Waals surface area contributed by atoms with Gasteiger partial charge in [0.1, 0.15) is 5.84 Å². The van der Waals surface area contributed by atoms with Crippen LogP contribution >= 0.6 is 11.6 Å². The van der Waals surface area contributed by atoms with Gasteiger partial charge in [-0.15, -0.1) is 0 Å². The van der Waals surface area contributed by atoms with Crippen LogP contribution in [0.1, 0.15) is 12.5 Å². The first-order valence-corrected chi connectivity index (χ1v) is 4.80. The number of nitriles is 1. The minimum atomic E-state index is 0.633. The monoisotopic (exact) mass is 217 g/mol. The smallest absolute Gasteiger partial charge is 0.103 e. The first-order valence-electron chi connectivity index (χ1n) is 4.43. The fourth-order valence-electron chi connectivity index (χ4n) is 1.47. The van der Waals surface area contributed by atoms with Gasteiger partial charge in [-0.1, -0.05) is 11.6 Å². The van der Waals surface area contributed by atoms with E-state index in [-0.39, 0.29) is 0 Å². The number of halogens is 1. The second-order valence-electron chi connectivity index (χ2n) is 3.17. The van der Waals surface area contributed by atoms with E-state index in [4.69, 9.17) is 16.9 Å². The Bertz CT molecular complexity index is 509. The predicted molar refractivity (Wildman–Crippen MR) is 60.9 cm³/mol. The van der Waals surface area contributed by atoms with Gasteiger partial charge in [-0.25, -0.2) is 4.99 Å². The summed E-state index contributed by atoms with van der Waals surface area (Å²) in [7, 11) is 0. The summed E-state index contributed by atoms with van der Waals surface area (Å²) < 4.78 is 0. The maximum atomic E-state index is 8.66. The highest BCUT2D eigenvalue weighted by atomic mass is 35.5. The van der Waals surface area contributed by atoms with Crippen molar-refractivity contribution >= 4 is 28.8 Å². The molecule has 74 valence electrons. The van der Waals surface area contributed by atoms with E-state index in [1.807, 2.05) is 19.1 Å². The topological polar surface area (TPSA) is 48.2 Å². The predicted octanol–water partition coefficient (Wildman–Crippen LogP) is 2.86. The number of rotatable bonds is 0. The largest absolute Gasteiger partial charge is 0.343 e. The molecule has 1 N–H and O–H groups in total. The standard InChI is InChI=1S/C11H8ClN3/c1-7-14-10-3-2-8(12)6-9(10)11(15-7)4-5-13/h2-4,6H,1H3,(H,14,15)/b11-4-. The van der Waals surface area contributed by atoms with Crippen LogP contribution in [0.5, 0.6) is 0 Å². The zero-order chi connectivity index (χ0) is 10.8. The van der Waals surface area contributed by atoms with Crippen molar-refractivity contribution in [2.24, 2.45) is 4.99 Å². The van der Waals surface area contributed by atoms with Crippen LogP contribution in [0.3, 0.4) is 0 Å². The summed E-state index contributed by atoms with van der Waals surface area (Å²) in [5, 5.41) is 12.3. The first-order chi connectivity index (χ1) is 7.20. The summed E-state index contributed by atoms with van der Waals surface area (Å²) in [6, 6.07) is 7.42. The van der Waals surface area contributed by atoms with Crippen LogP contribution in [-0.2, 0) is 0 Å². The van der Waals surface area contributed by atoms with Crippen molar-refractivity contribution in [1.29, 1.82) is 5.26 Å². The summed E-state index contributed by atoms with van der Waals surface area (Å²) in [5.74, 6) is 0.770. The number of hydrogen-bond acceptors (Lipinski definition) is 3. The number of benzene rings is 1. The highest BCUT2D eigenvalue weighted by Crippen LogP contribution is 2.30. The number of hydrogen-bond donors (Lipinski definition) is 1. The molecule has 3 nitrogen and oxygen atoms in total. The van der Waals surface area contributed by atoms with Gasteiger partial charge in [0.2, 0.25) is 0 Å². The molecule has 0 unspecified atom stereocenters. The van der Waals surface area contributed by atoms with Crippen molar-refractivity contribution in [2.45, 2.75) is 6.92 Å². The van der Waals surface area contributed by atoms with Crippen LogP contribution in [0.15, 0.2) is 29.3 Å². The summed E-state index contributed by atoms with van der Waals surface area (Å²) in [6.07, 6.45) is 1.45. The SMILES string of the molecule is CC1=Nc2ccc(Cl)cc2/C(=C/C#N)N1. The quantitative estimate of drug-likeness (QED) is 0.680. The Hall–Kier alpha value is -1.79. The number of nitrogens with zero attached hydrogens (tertiary/aromatic N) is 2. The minimum Gasteiger partial charge on any atom is -0.343 e. The molecule has 0 aromatic heterocycles. The zero-order valence-electron chi connectivity index (χ0n) is 8.08. The number of amidine groups is 1. The van der Waals surface area contributed by atoms with Gasteiger partial charge in [0.15, 0.2) is 0 Å². The minimum absolute atomic E-state index is 0.633. The molecule has 2 rings (SSSR count). The molecule has 0 spiro atoms. The third-order valence-corrected chi connectivity index (χ3v) is 2.30. The summed E-state index contributed by atoms with van der Waals surface area (Å²) >= 11 is 5.89. The van der Waals surface area contributed by atoms with Crippen molar-refractivity contribution in [3.05, 3.63) is 34.9 Å². The fourth-order valence-corrected chi connectivity index (χ4v) is 1.64. The summed E-state index contributed by atoms with van der Waals surface area (Å²) in [6.45, 7) is 1.85. The molecular formula is C11H8ClN3. The highest BCUT2D eigenvalue weighted by molar-refractivity contribution is 6.31. The second kappa shape index (κ2) is 3.76. The van der Waals surface area contributed by atoms with Crippen LogP contribution in [0, 0.1) is 11.3 Å². The number of allylic oxidation sites excluding steroid dienone is 1. The van der Waals surface area contributed by atoms with Gasteiger partial charge < -0.3 is 5.32 Å².